The molecule has 1 saturated heterocycles. The first-order valence-electron chi connectivity index (χ1n) is 5.39. The van der Waals surface area contributed by atoms with Gasteiger partial charge in [-0.1, -0.05) is 29.3 Å². The van der Waals surface area contributed by atoms with Crippen LogP contribution in [0.5, 0.6) is 0 Å². The standard InChI is InChI=1S/C12H13Cl2NO2/c1-17-12(16)9-4-5-15-11(9)8-3-2-7(13)6-10(8)14/h2-3,6,9,11,15H,4-5H2,1H3/t9-,11?/m0/s1. The first-order valence-corrected chi connectivity index (χ1v) is 6.15. The lowest BCUT2D eigenvalue weighted by molar-refractivity contribution is -0.145. The Hall–Kier alpha value is -0.770. The summed E-state index contributed by atoms with van der Waals surface area (Å²) in [5, 5.41) is 4.43. The van der Waals surface area contributed by atoms with E-state index in [-0.39, 0.29) is 17.9 Å². The normalized spacial score (nSPS) is 23.7. The van der Waals surface area contributed by atoms with Crippen LogP contribution in [-0.4, -0.2) is 19.6 Å². The van der Waals surface area contributed by atoms with E-state index < -0.39 is 0 Å². The second-order valence-electron chi connectivity index (χ2n) is 4.02. The van der Waals surface area contributed by atoms with E-state index in [1.54, 1.807) is 12.1 Å². The van der Waals surface area contributed by atoms with Crippen molar-refractivity contribution in [2.24, 2.45) is 5.92 Å². The van der Waals surface area contributed by atoms with Gasteiger partial charge in [0, 0.05) is 16.1 Å². The molecule has 0 aromatic heterocycles. The van der Waals surface area contributed by atoms with Crippen molar-refractivity contribution in [3.8, 4) is 0 Å². The van der Waals surface area contributed by atoms with E-state index in [2.05, 4.69) is 5.32 Å². The van der Waals surface area contributed by atoms with Crippen molar-refractivity contribution in [2.45, 2.75) is 12.5 Å². The predicted octanol–water partition coefficient (Wildman–Crippen LogP) is 2.82. The SMILES string of the molecule is COC(=O)[C@H]1CCNC1c1ccc(Cl)cc1Cl. The molecule has 2 rings (SSSR count). The molecule has 0 radical (unpaired) electrons. The van der Waals surface area contributed by atoms with E-state index in [4.69, 9.17) is 27.9 Å². The average molecular weight is 274 g/mol. The van der Waals surface area contributed by atoms with Crippen LogP contribution in [0.15, 0.2) is 18.2 Å². The summed E-state index contributed by atoms with van der Waals surface area (Å²) in [7, 11) is 1.40. The summed E-state index contributed by atoms with van der Waals surface area (Å²) >= 11 is 12.0. The molecule has 0 spiro atoms. The minimum absolute atomic E-state index is 0.0905. The molecule has 17 heavy (non-hydrogen) atoms. The third-order valence-corrected chi connectivity index (χ3v) is 3.59. The van der Waals surface area contributed by atoms with E-state index in [0.29, 0.717) is 10.0 Å². The Labute approximate surface area is 110 Å². The molecule has 0 saturated carbocycles. The molecular formula is C12H13Cl2NO2. The number of methoxy groups -OCH3 is 1. The number of ether oxygens (including phenoxy) is 1. The highest BCUT2D eigenvalue weighted by Crippen LogP contribution is 2.35. The van der Waals surface area contributed by atoms with Crippen LogP contribution in [0.4, 0.5) is 0 Å². The minimum Gasteiger partial charge on any atom is -0.469 e. The molecule has 0 aliphatic carbocycles. The number of nitrogens with one attached hydrogen (secondary N) is 1. The highest BCUT2D eigenvalue weighted by atomic mass is 35.5. The zero-order chi connectivity index (χ0) is 12.4. The van der Waals surface area contributed by atoms with Crippen molar-refractivity contribution in [1.29, 1.82) is 0 Å². The van der Waals surface area contributed by atoms with Gasteiger partial charge in [-0.3, -0.25) is 4.79 Å². The molecule has 92 valence electrons. The predicted molar refractivity (Wildman–Crippen MR) is 67.3 cm³/mol. The van der Waals surface area contributed by atoms with Gasteiger partial charge < -0.3 is 10.1 Å². The summed E-state index contributed by atoms with van der Waals surface area (Å²) < 4.78 is 4.80. The van der Waals surface area contributed by atoms with Gasteiger partial charge in [0.25, 0.3) is 0 Å². The maximum Gasteiger partial charge on any atom is 0.310 e. The van der Waals surface area contributed by atoms with Crippen LogP contribution in [-0.2, 0) is 9.53 Å². The summed E-state index contributed by atoms with van der Waals surface area (Å²) in [6.45, 7) is 0.781. The Morgan fingerprint density at radius 3 is 2.88 bits per heavy atom. The van der Waals surface area contributed by atoms with Gasteiger partial charge in [0.2, 0.25) is 0 Å². The fourth-order valence-electron chi connectivity index (χ4n) is 2.19. The topological polar surface area (TPSA) is 38.3 Å². The lowest BCUT2D eigenvalue weighted by Gasteiger charge is -2.19. The Bertz CT molecular complexity index is 437. The summed E-state index contributed by atoms with van der Waals surface area (Å²) in [5.74, 6) is -0.385. The molecule has 0 amide bonds. The van der Waals surface area contributed by atoms with Gasteiger partial charge in [0.15, 0.2) is 0 Å². The highest BCUT2D eigenvalue weighted by Gasteiger charge is 2.35. The molecule has 1 N–H and O–H groups in total. The molecule has 1 aliphatic rings. The largest absolute Gasteiger partial charge is 0.469 e. The van der Waals surface area contributed by atoms with Crippen LogP contribution in [0.3, 0.4) is 0 Å². The van der Waals surface area contributed by atoms with E-state index in [9.17, 15) is 4.79 Å². The van der Waals surface area contributed by atoms with Gasteiger partial charge in [0.1, 0.15) is 0 Å². The second kappa shape index (κ2) is 5.25. The quantitative estimate of drug-likeness (QED) is 0.843. The average Bonchev–Trinajstić information content (AvgIpc) is 2.77. The van der Waals surface area contributed by atoms with E-state index in [1.807, 2.05) is 6.07 Å². The number of rotatable bonds is 2. The third kappa shape index (κ3) is 2.57. The van der Waals surface area contributed by atoms with Gasteiger partial charge in [-0.15, -0.1) is 0 Å². The minimum atomic E-state index is -0.203. The van der Waals surface area contributed by atoms with Crippen LogP contribution >= 0.6 is 23.2 Å². The number of carbonyl (C=O) groups is 1. The number of carbonyl (C=O) groups excluding carboxylic acids is 1. The highest BCUT2D eigenvalue weighted by molar-refractivity contribution is 6.35. The fourth-order valence-corrected chi connectivity index (χ4v) is 2.72. The van der Waals surface area contributed by atoms with E-state index >= 15 is 0 Å². The van der Waals surface area contributed by atoms with Crippen LogP contribution in [0.25, 0.3) is 0 Å². The summed E-state index contributed by atoms with van der Waals surface area (Å²) in [4.78, 5) is 11.6. The Kier molecular flexibility index (Phi) is 3.92. The smallest absolute Gasteiger partial charge is 0.310 e. The van der Waals surface area contributed by atoms with Gasteiger partial charge in [-0.2, -0.15) is 0 Å². The molecule has 2 atom stereocenters. The number of hydrogen-bond donors (Lipinski definition) is 1. The maximum absolute atomic E-state index is 11.6. The van der Waals surface area contributed by atoms with Gasteiger partial charge in [-0.25, -0.2) is 0 Å². The van der Waals surface area contributed by atoms with Crippen LogP contribution in [0.1, 0.15) is 18.0 Å². The van der Waals surface area contributed by atoms with Crippen molar-refractivity contribution < 1.29 is 9.53 Å². The van der Waals surface area contributed by atoms with Gasteiger partial charge >= 0.3 is 5.97 Å². The lowest BCUT2D eigenvalue weighted by Crippen LogP contribution is -2.24. The van der Waals surface area contributed by atoms with Crippen molar-refractivity contribution >= 4 is 29.2 Å². The summed E-state index contributed by atoms with van der Waals surface area (Å²) in [5.41, 5.74) is 0.893. The van der Waals surface area contributed by atoms with Gasteiger partial charge in [0.05, 0.1) is 13.0 Å². The maximum atomic E-state index is 11.6. The van der Waals surface area contributed by atoms with Gasteiger partial charge in [-0.05, 0) is 30.7 Å². The van der Waals surface area contributed by atoms with E-state index in [1.165, 1.54) is 7.11 Å². The molecule has 1 aromatic rings. The molecular weight excluding hydrogens is 261 g/mol. The number of hydrogen-bond acceptors (Lipinski definition) is 3. The Morgan fingerprint density at radius 2 is 2.24 bits per heavy atom. The monoisotopic (exact) mass is 273 g/mol. The zero-order valence-corrected chi connectivity index (χ0v) is 10.9. The first kappa shape index (κ1) is 12.7. The molecule has 0 bridgehead atoms. The van der Waals surface area contributed by atoms with Crippen molar-refractivity contribution in [2.75, 3.05) is 13.7 Å². The molecule has 5 heteroatoms. The molecule has 1 aromatic carbocycles. The van der Waals surface area contributed by atoms with Crippen molar-refractivity contribution in [1.82, 2.24) is 5.32 Å². The molecule has 1 aliphatic heterocycles. The third-order valence-electron chi connectivity index (χ3n) is 3.02. The first-order chi connectivity index (χ1) is 8.13. The zero-order valence-electron chi connectivity index (χ0n) is 9.37. The number of benzene rings is 1. The van der Waals surface area contributed by atoms with Crippen molar-refractivity contribution in [3.63, 3.8) is 0 Å². The Balaban J connectivity index is 2.29. The van der Waals surface area contributed by atoms with Crippen LogP contribution in [0, 0.1) is 5.92 Å². The molecule has 1 unspecified atom stereocenters. The lowest BCUT2D eigenvalue weighted by atomic mass is 9.94. The summed E-state index contributed by atoms with van der Waals surface area (Å²) in [6, 6.07) is 5.22. The van der Waals surface area contributed by atoms with Crippen molar-refractivity contribution in [3.05, 3.63) is 33.8 Å². The molecule has 1 heterocycles. The summed E-state index contributed by atoms with van der Waals surface area (Å²) in [6.07, 6.45) is 0.760. The number of halogens is 2. The molecule has 1 fully saturated rings. The molecule has 3 nitrogen and oxygen atoms in total. The van der Waals surface area contributed by atoms with Crippen LogP contribution < -0.4 is 5.32 Å². The Morgan fingerprint density at radius 1 is 1.47 bits per heavy atom. The van der Waals surface area contributed by atoms with E-state index in [0.717, 1.165) is 18.5 Å². The number of esters is 1. The fraction of sp³-hybridized carbons (Fsp3) is 0.417. The van der Waals surface area contributed by atoms with Crippen LogP contribution in [0.2, 0.25) is 10.0 Å². The second-order valence-corrected chi connectivity index (χ2v) is 4.86.